The lowest BCUT2D eigenvalue weighted by Crippen LogP contribution is -2.31. The van der Waals surface area contributed by atoms with Crippen molar-refractivity contribution in [1.29, 1.82) is 0 Å². The quantitative estimate of drug-likeness (QED) is 0.900. The Balaban J connectivity index is 2.25. The molecule has 2 rings (SSSR count). The first kappa shape index (κ1) is 14.0. The number of carbonyl (C=O) groups is 2. The minimum Gasteiger partial charge on any atom is -0.481 e. The standard InChI is InChI=1S/C14H14FNO4/c1-7(14(18)19)6-16-13(17)11-8(2)9-4-3-5-10(15)12(9)20-11/h3-5,7H,6H2,1-2H3,(H,16,17)(H,18,19). The van der Waals surface area contributed by atoms with Gasteiger partial charge >= 0.3 is 5.97 Å². The van der Waals surface area contributed by atoms with E-state index in [0.717, 1.165) is 0 Å². The van der Waals surface area contributed by atoms with E-state index in [9.17, 15) is 14.0 Å². The molecule has 0 aliphatic carbocycles. The highest BCUT2D eigenvalue weighted by Crippen LogP contribution is 2.27. The predicted octanol–water partition coefficient (Wildman–Crippen LogP) is 2.33. The summed E-state index contributed by atoms with van der Waals surface area (Å²) in [6.07, 6.45) is 0. The molecule has 106 valence electrons. The molecule has 0 spiro atoms. The van der Waals surface area contributed by atoms with Crippen LogP contribution < -0.4 is 5.32 Å². The predicted molar refractivity (Wildman–Crippen MR) is 70.0 cm³/mol. The number of aliphatic carboxylic acids is 1. The Kier molecular flexibility index (Phi) is 3.74. The molecule has 6 heteroatoms. The van der Waals surface area contributed by atoms with Crippen LogP contribution in [-0.4, -0.2) is 23.5 Å². The molecule has 0 fully saturated rings. The van der Waals surface area contributed by atoms with Crippen molar-refractivity contribution in [3.63, 3.8) is 0 Å². The Labute approximate surface area is 114 Å². The molecular formula is C14H14FNO4. The van der Waals surface area contributed by atoms with Gasteiger partial charge in [0.15, 0.2) is 17.2 Å². The summed E-state index contributed by atoms with van der Waals surface area (Å²) in [5.74, 6) is -2.80. The summed E-state index contributed by atoms with van der Waals surface area (Å²) in [5, 5.41) is 11.7. The number of hydrogen-bond donors (Lipinski definition) is 2. The highest BCUT2D eigenvalue weighted by atomic mass is 19.1. The highest BCUT2D eigenvalue weighted by Gasteiger charge is 2.20. The van der Waals surface area contributed by atoms with Crippen LogP contribution in [0.4, 0.5) is 4.39 Å². The second-order valence-corrected chi connectivity index (χ2v) is 4.62. The number of aryl methyl sites for hydroxylation is 1. The van der Waals surface area contributed by atoms with Crippen LogP contribution in [0.25, 0.3) is 11.0 Å². The summed E-state index contributed by atoms with van der Waals surface area (Å²) in [6, 6.07) is 4.45. The smallest absolute Gasteiger partial charge is 0.308 e. The van der Waals surface area contributed by atoms with Crippen molar-refractivity contribution in [2.45, 2.75) is 13.8 Å². The molecule has 0 radical (unpaired) electrons. The molecule has 1 amide bonds. The number of carboxylic acid groups (broad SMARTS) is 1. The highest BCUT2D eigenvalue weighted by molar-refractivity contribution is 5.99. The zero-order valence-electron chi connectivity index (χ0n) is 11.1. The van der Waals surface area contributed by atoms with Gasteiger partial charge in [-0.1, -0.05) is 19.1 Å². The largest absolute Gasteiger partial charge is 0.481 e. The molecule has 2 aromatic rings. The van der Waals surface area contributed by atoms with E-state index in [2.05, 4.69) is 5.32 Å². The summed E-state index contributed by atoms with van der Waals surface area (Å²) in [7, 11) is 0. The third-order valence-electron chi connectivity index (χ3n) is 3.11. The molecule has 0 aliphatic rings. The maximum absolute atomic E-state index is 13.6. The molecule has 2 N–H and O–H groups in total. The third-order valence-corrected chi connectivity index (χ3v) is 3.11. The lowest BCUT2D eigenvalue weighted by atomic mass is 10.1. The molecule has 0 saturated carbocycles. The Morgan fingerprint density at radius 3 is 2.75 bits per heavy atom. The van der Waals surface area contributed by atoms with Gasteiger partial charge in [0.1, 0.15) is 0 Å². The summed E-state index contributed by atoms with van der Waals surface area (Å²) < 4.78 is 18.8. The number of nitrogens with one attached hydrogen (secondary N) is 1. The van der Waals surface area contributed by atoms with Crippen LogP contribution in [0.5, 0.6) is 0 Å². The van der Waals surface area contributed by atoms with E-state index in [1.807, 2.05) is 0 Å². The Hall–Kier alpha value is -2.37. The van der Waals surface area contributed by atoms with Gasteiger partial charge in [-0.2, -0.15) is 0 Å². The van der Waals surface area contributed by atoms with Crippen LogP contribution in [0.1, 0.15) is 23.0 Å². The van der Waals surface area contributed by atoms with Crippen molar-refractivity contribution in [3.8, 4) is 0 Å². The first-order valence-electron chi connectivity index (χ1n) is 6.10. The average molecular weight is 279 g/mol. The first-order chi connectivity index (χ1) is 9.41. The topological polar surface area (TPSA) is 79.5 Å². The van der Waals surface area contributed by atoms with E-state index in [1.165, 1.54) is 19.1 Å². The molecule has 20 heavy (non-hydrogen) atoms. The van der Waals surface area contributed by atoms with E-state index < -0.39 is 23.6 Å². The molecule has 1 aromatic carbocycles. The Bertz CT molecular complexity index is 677. The molecule has 1 heterocycles. The van der Waals surface area contributed by atoms with Gasteiger partial charge in [-0.3, -0.25) is 9.59 Å². The van der Waals surface area contributed by atoms with Crippen LogP contribution in [0, 0.1) is 18.7 Å². The Morgan fingerprint density at radius 1 is 1.45 bits per heavy atom. The van der Waals surface area contributed by atoms with Crippen molar-refractivity contribution < 1.29 is 23.5 Å². The maximum atomic E-state index is 13.6. The lowest BCUT2D eigenvalue weighted by molar-refractivity contribution is -0.140. The van der Waals surface area contributed by atoms with E-state index >= 15 is 0 Å². The first-order valence-corrected chi connectivity index (χ1v) is 6.10. The van der Waals surface area contributed by atoms with E-state index in [-0.39, 0.29) is 17.9 Å². The van der Waals surface area contributed by atoms with Crippen LogP contribution in [0.3, 0.4) is 0 Å². The van der Waals surface area contributed by atoms with Gasteiger partial charge in [0, 0.05) is 17.5 Å². The number of fused-ring (bicyclic) bond motifs is 1. The fraction of sp³-hybridized carbons (Fsp3) is 0.286. The third kappa shape index (κ3) is 2.49. The van der Waals surface area contributed by atoms with Crippen molar-refractivity contribution in [2.75, 3.05) is 6.54 Å². The van der Waals surface area contributed by atoms with Gasteiger partial charge in [-0.05, 0) is 13.0 Å². The molecule has 0 bridgehead atoms. The monoisotopic (exact) mass is 279 g/mol. The fourth-order valence-electron chi connectivity index (χ4n) is 1.84. The number of carboxylic acids is 1. The van der Waals surface area contributed by atoms with Crippen molar-refractivity contribution in [1.82, 2.24) is 5.32 Å². The SMILES string of the molecule is Cc1c(C(=O)NCC(C)C(=O)O)oc2c(F)cccc12. The minimum atomic E-state index is -1.00. The molecule has 1 unspecified atom stereocenters. The van der Waals surface area contributed by atoms with E-state index in [1.54, 1.807) is 13.0 Å². The summed E-state index contributed by atoms with van der Waals surface area (Å²) in [5.41, 5.74) is 0.557. The van der Waals surface area contributed by atoms with Gasteiger partial charge in [-0.15, -0.1) is 0 Å². The van der Waals surface area contributed by atoms with Crippen LogP contribution in [0.2, 0.25) is 0 Å². The molecule has 0 saturated heterocycles. The number of amides is 1. The number of carbonyl (C=O) groups excluding carboxylic acids is 1. The number of furan rings is 1. The zero-order chi connectivity index (χ0) is 14.9. The van der Waals surface area contributed by atoms with Crippen LogP contribution in [-0.2, 0) is 4.79 Å². The summed E-state index contributed by atoms with van der Waals surface area (Å²) in [6.45, 7) is 3.11. The van der Waals surface area contributed by atoms with Crippen molar-refractivity contribution in [3.05, 3.63) is 35.3 Å². The second-order valence-electron chi connectivity index (χ2n) is 4.62. The van der Waals surface area contributed by atoms with Gasteiger partial charge in [0.2, 0.25) is 0 Å². The number of rotatable bonds is 4. The van der Waals surface area contributed by atoms with Gasteiger partial charge in [0.05, 0.1) is 5.92 Å². The number of benzene rings is 1. The van der Waals surface area contributed by atoms with Crippen molar-refractivity contribution >= 4 is 22.8 Å². The molecule has 1 aromatic heterocycles. The number of hydrogen-bond acceptors (Lipinski definition) is 3. The fourth-order valence-corrected chi connectivity index (χ4v) is 1.84. The molecule has 1 atom stereocenters. The second kappa shape index (κ2) is 5.32. The van der Waals surface area contributed by atoms with Gasteiger partial charge < -0.3 is 14.8 Å². The minimum absolute atomic E-state index is 0.00249. The summed E-state index contributed by atoms with van der Waals surface area (Å²) >= 11 is 0. The van der Waals surface area contributed by atoms with Gasteiger partial charge in [0.25, 0.3) is 5.91 Å². The van der Waals surface area contributed by atoms with E-state index in [4.69, 9.17) is 9.52 Å². The zero-order valence-corrected chi connectivity index (χ0v) is 11.1. The Morgan fingerprint density at radius 2 is 2.15 bits per heavy atom. The van der Waals surface area contributed by atoms with Crippen LogP contribution >= 0.6 is 0 Å². The number of para-hydroxylation sites is 1. The van der Waals surface area contributed by atoms with Crippen molar-refractivity contribution in [2.24, 2.45) is 5.92 Å². The molecule has 5 nitrogen and oxygen atoms in total. The maximum Gasteiger partial charge on any atom is 0.308 e. The average Bonchev–Trinajstić information content (AvgIpc) is 2.75. The number of halogens is 1. The summed E-state index contributed by atoms with van der Waals surface area (Å²) in [4.78, 5) is 22.6. The van der Waals surface area contributed by atoms with E-state index in [0.29, 0.717) is 10.9 Å². The normalized spacial score (nSPS) is 12.3. The molecular weight excluding hydrogens is 265 g/mol. The van der Waals surface area contributed by atoms with Crippen LogP contribution in [0.15, 0.2) is 22.6 Å². The van der Waals surface area contributed by atoms with Gasteiger partial charge in [-0.25, -0.2) is 4.39 Å². The molecule has 0 aliphatic heterocycles. The lowest BCUT2D eigenvalue weighted by Gasteiger charge is -2.07.